The van der Waals surface area contributed by atoms with Crippen molar-refractivity contribution in [3.05, 3.63) is 29.3 Å². The van der Waals surface area contributed by atoms with Crippen molar-refractivity contribution in [2.75, 3.05) is 6.54 Å². The molecule has 0 fully saturated rings. The van der Waals surface area contributed by atoms with Crippen molar-refractivity contribution in [2.45, 2.75) is 31.2 Å². The zero-order valence-electron chi connectivity index (χ0n) is 10.6. The SMILES string of the molecule is CC(C)CC(CN)NS(=O)(=O)c1cccc(Cl)c1. The van der Waals surface area contributed by atoms with Gasteiger partial charge in [-0.1, -0.05) is 31.5 Å². The van der Waals surface area contributed by atoms with Gasteiger partial charge in [-0.3, -0.25) is 0 Å². The number of hydrogen-bond acceptors (Lipinski definition) is 3. The van der Waals surface area contributed by atoms with Gasteiger partial charge in [-0.25, -0.2) is 13.1 Å². The second-order valence-electron chi connectivity index (χ2n) is 4.64. The maximum absolute atomic E-state index is 12.1. The fourth-order valence-electron chi connectivity index (χ4n) is 1.68. The van der Waals surface area contributed by atoms with Gasteiger partial charge in [-0.05, 0) is 30.5 Å². The smallest absolute Gasteiger partial charge is 0.240 e. The van der Waals surface area contributed by atoms with Gasteiger partial charge in [0.05, 0.1) is 4.90 Å². The van der Waals surface area contributed by atoms with Crippen LogP contribution in [-0.2, 0) is 10.0 Å². The second-order valence-corrected chi connectivity index (χ2v) is 6.79. The highest BCUT2D eigenvalue weighted by Gasteiger charge is 2.20. The normalized spacial score (nSPS) is 13.8. The van der Waals surface area contributed by atoms with Gasteiger partial charge in [0, 0.05) is 17.6 Å². The Morgan fingerprint density at radius 3 is 2.56 bits per heavy atom. The summed E-state index contributed by atoms with van der Waals surface area (Å²) in [5.41, 5.74) is 5.58. The third-order valence-electron chi connectivity index (χ3n) is 2.47. The largest absolute Gasteiger partial charge is 0.329 e. The zero-order chi connectivity index (χ0) is 13.8. The third kappa shape index (κ3) is 4.57. The summed E-state index contributed by atoms with van der Waals surface area (Å²) >= 11 is 5.79. The molecule has 0 aliphatic rings. The van der Waals surface area contributed by atoms with Gasteiger partial charge in [-0.2, -0.15) is 0 Å². The lowest BCUT2D eigenvalue weighted by Gasteiger charge is -2.18. The van der Waals surface area contributed by atoms with E-state index in [0.29, 0.717) is 17.4 Å². The molecular weight excluding hydrogens is 272 g/mol. The summed E-state index contributed by atoms with van der Waals surface area (Å²) < 4.78 is 26.8. The molecule has 0 heterocycles. The van der Waals surface area contributed by atoms with Crippen molar-refractivity contribution in [2.24, 2.45) is 11.7 Å². The molecule has 0 radical (unpaired) electrons. The fourth-order valence-corrected chi connectivity index (χ4v) is 3.25. The van der Waals surface area contributed by atoms with E-state index in [9.17, 15) is 8.42 Å². The van der Waals surface area contributed by atoms with Gasteiger partial charge in [0.2, 0.25) is 10.0 Å². The van der Waals surface area contributed by atoms with Gasteiger partial charge in [0.1, 0.15) is 0 Å². The number of halogens is 1. The minimum absolute atomic E-state index is 0.164. The van der Waals surface area contributed by atoms with Crippen LogP contribution in [-0.4, -0.2) is 21.0 Å². The number of sulfonamides is 1. The summed E-state index contributed by atoms with van der Waals surface area (Å²) in [5, 5.41) is 0.394. The van der Waals surface area contributed by atoms with Crippen LogP contribution < -0.4 is 10.5 Å². The molecule has 0 spiro atoms. The van der Waals surface area contributed by atoms with Crippen molar-refractivity contribution in [1.82, 2.24) is 4.72 Å². The Bertz CT molecular complexity index is 489. The lowest BCUT2D eigenvalue weighted by Crippen LogP contribution is -2.40. The Balaban J connectivity index is 2.87. The summed E-state index contributed by atoms with van der Waals surface area (Å²) in [6.07, 6.45) is 0.705. The van der Waals surface area contributed by atoms with Crippen LogP contribution in [0.3, 0.4) is 0 Å². The fraction of sp³-hybridized carbons (Fsp3) is 0.500. The van der Waals surface area contributed by atoms with Crippen molar-refractivity contribution in [3.8, 4) is 0 Å². The first kappa shape index (κ1) is 15.4. The van der Waals surface area contributed by atoms with E-state index in [-0.39, 0.29) is 17.5 Å². The monoisotopic (exact) mass is 290 g/mol. The van der Waals surface area contributed by atoms with Crippen LogP contribution in [0, 0.1) is 5.92 Å². The van der Waals surface area contributed by atoms with Crippen LogP contribution >= 0.6 is 11.6 Å². The van der Waals surface area contributed by atoms with E-state index in [0.717, 1.165) is 0 Å². The van der Waals surface area contributed by atoms with E-state index in [1.165, 1.54) is 12.1 Å². The second kappa shape index (κ2) is 6.52. The molecule has 1 atom stereocenters. The minimum atomic E-state index is -3.55. The molecule has 0 aliphatic heterocycles. The van der Waals surface area contributed by atoms with Crippen molar-refractivity contribution in [1.29, 1.82) is 0 Å². The van der Waals surface area contributed by atoms with Gasteiger partial charge >= 0.3 is 0 Å². The number of nitrogens with one attached hydrogen (secondary N) is 1. The molecule has 0 aromatic heterocycles. The van der Waals surface area contributed by atoms with Gasteiger partial charge in [0.25, 0.3) is 0 Å². The van der Waals surface area contributed by atoms with Gasteiger partial charge in [0.15, 0.2) is 0 Å². The summed E-state index contributed by atoms with van der Waals surface area (Å²) in [7, 11) is -3.55. The maximum atomic E-state index is 12.1. The average molecular weight is 291 g/mol. The molecule has 0 aliphatic carbocycles. The molecule has 3 N–H and O–H groups in total. The minimum Gasteiger partial charge on any atom is -0.329 e. The molecule has 4 nitrogen and oxygen atoms in total. The molecule has 18 heavy (non-hydrogen) atoms. The van der Waals surface area contributed by atoms with Crippen LogP contribution in [0.25, 0.3) is 0 Å². The standard InChI is InChI=1S/C12H19ClN2O2S/c1-9(2)6-11(8-14)15-18(16,17)12-5-3-4-10(13)7-12/h3-5,7,9,11,15H,6,8,14H2,1-2H3. The van der Waals surface area contributed by atoms with Crippen LogP contribution in [0.1, 0.15) is 20.3 Å². The highest BCUT2D eigenvalue weighted by molar-refractivity contribution is 7.89. The predicted molar refractivity (Wildman–Crippen MR) is 74.1 cm³/mol. The van der Waals surface area contributed by atoms with E-state index in [1.54, 1.807) is 12.1 Å². The molecule has 0 amide bonds. The first-order valence-corrected chi connectivity index (χ1v) is 7.69. The Morgan fingerprint density at radius 2 is 2.06 bits per heavy atom. The zero-order valence-corrected chi connectivity index (χ0v) is 12.1. The molecule has 102 valence electrons. The Hall–Kier alpha value is -0.620. The van der Waals surface area contributed by atoms with Gasteiger partial charge < -0.3 is 5.73 Å². The Morgan fingerprint density at radius 1 is 1.39 bits per heavy atom. The first-order chi connectivity index (χ1) is 8.35. The van der Waals surface area contributed by atoms with E-state index >= 15 is 0 Å². The molecule has 1 rings (SSSR count). The van der Waals surface area contributed by atoms with Crippen molar-refractivity contribution in [3.63, 3.8) is 0 Å². The van der Waals surface area contributed by atoms with Crippen LogP contribution in [0.5, 0.6) is 0 Å². The topological polar surface area (TPSA) is 72.2 Å². The lowest BCUT2D eigenvalue weighted by molar-refractivity contribution is 0.465. The molecule has 1 aromatic rings. The average Bonchev–Trinajstić information content (AvgIpc) is 2.27. The van der Waals surface area contributed by atoms with E-state index in [2.05, 4.69) is 4.72 Å². The maximum Gasteiger partial charge on any atom is 0.240 e. The molecule has 0 saturated carbocycles. The Kier molecular flexibility index (Phi) is 5.59. The van der Waals surface area contributed by atoms with E-state index in [1.807, 2.05) is 13.8 Å². The summed E-state index contributed by atoms with van der Waals surface area (Å²) in [5.74, 6) is 0.376. The third-order valence-corrected chi connectivity index (χ3v) is 4.22. The predicted octanol–water partition coefficient (Wildman–Crippen LogP) is 1.99. The molecular formula is C12H19ClN2O2S. The number of rotatable bonds is 6. The number of hydrogen-bond donors (Lipinski definition) is 2. The highest BCUT2D eigenvalue weighted by Crippen LogP contribution is 2.16. The number of benzene rings is 1. The summed E-state index contributed by atoms with van der Waals surface area (Å²) in [6, 6.07) is 5.92. The number of nitrogens with two attached hydrogens (primary N) is 1. The Labute approximate surface area is 114 Å². The van der Waals surface area contributed by atoms with E-state index in [4.69, 9.17) is 17.3 Å². The van der Waals surface area contributed by atoms with Crippen molar-refractivity contribution >= 4 is 21.6 Å². The van der Waals surface area contributed by atoms with Crippen molar-refractivity contribution < 1.29 is 8.42 Å². The molecule has 6 heteroatoms. The highest BCUT2D eigenvalue weighted by atomic mass is 35.5. The van der Waals surface area contributed by atoms with Crippen LogP contribution in [0.2, 0.25) is 5.02 Å². The molecule has 0 bridgehead atoms. The molecule has 1 unspecified atom stereocenters. The summed E-state index contributed by atoms with van der Waals surface area (Å²) in [6.45, 7) is 4.32. The molecule has 0 saturated heterocycles. The quantitative estimate of drug-likeness (QED) is 0.841. The first-order valence-electron chi connectivity index (χ1n) is 5.83. The lowest BCUT2D eigenvalue weighted by atomic mass is 10.1. The molecule has 1 aromatic carbocycles. The summed E-state index contributed by atoms with van der Waals surface area (Å²) in [4.78, 5) is 0.164. The van der Waals surface area contributed by atoms with E-state index < -0.39 is 10.0 Å². The van der Waals surface area contributed by atoms with Crippen LogP contribution in [0.4, 0.5) is 0 Å². The van der Waals surface area contributed by atoms with Crippen LogP contribution in [0.15, 0.2) is 29.2 Å². The van der Waals surface area contributed by atoms with Gasteiger partial charge in [-0.15, -0.1) is 0 Å².